The number of rotatable bonds is 3. The zero-order valence-corrected chi connectivity index (χ0v) is 12.5. The molecule has 0 bridgehead atoms. The molecule has 116 valence electrons. The fourth-order valence-corrected chi connectivity index (χ4v) is 3.09. The maximum absolute atomic E-state index is 12.0. The van der Waals surface area contributed by atoms with Crippen LogP contribution in [0.5, 0.6) is 0 Å². The number of aliphatic hydroxyl groups excluding tert-OH is 1. The molecule has 0 spiro atoms. The van der Waals surface area contributed by atoms with Gasteiger partial charge in [-0.25, -0.2) is 4.98 Å². The van der Waals surface area contributed by atoms with Crippen molar-refractivity contribution in [2.45, 2.75) is 6.42 Å². The monoisotopic (exact) mass is 308 g/mol. The molecule has 0 radical (unpaired) electrons. The Labute approximate surface area is 133 Å². The van der Waals surface area contributed by atoms with E-state index in [0.29, 0.717) is 13.0 Å². The predicted molar refractivity (Wildman–Crippen MR) is 87.0 cm³/mol. The van der Waals surface area contributed by atoms with Gasteiger partial charge in [-0.2, -0.15) is 0 Å². The van der Waals surface area contributed by atoms with Crippen LogP contribution < -0.4 is 4.90 Å². The molecule has 3 aromatic rings. The summed E-state index contributed by atoms with van der Waals surface area (Å²) in [7, 11) is 0. The third-order valence-electron chi connectivity index (χ3n) is 4.31. The minimum Gasteiger partial charge on any atom is -0.443 e. The molecule has 1 amide bonds. The van der Waals surface area contributed by atoms with E-state index in [2.05, 4.69) is 4.98 Å². The van der Waals surface area contributed by atoms with Crippen LogP contribution in [-0.4, -0.2) is 29.1 Å². The van der Waals surface area contributed by atoms with E-state index in [1.54, 1.807) is 4.90 Å². The summed E-state index contributed by atoms with van der Waals surface area (Å²) < 4.78 is 5.34. The first-order valence-electron chi connectivity index (χ1n) is 7.60. The van der Waals surface area contributed by atoms with Crippen LogP contribution in [0.2, 0.25) is 0 Å². The smallest absolute Gasteiger partial charge is 0.227 e. The molecule has 0 aliphatic carbocycles. The van der Waals surface area contributed by atoms with Crippen LogP contribution in [0.1, 0.15) is 6.42 Å². The number of carbonyl (C=O) groups excluding carboxylic acids is 1. The molecule has 1 aliphatic rings. The summed E-state index contributed by atoms with van der Waals surface area (Å²) in [5, 5.41) is 9.23. The van der Waals surface area contributed by atoms with Gasteiger partial charge in [0.05, 0.1) is 0 Å². The average Bonchev–Trinajstić information content (AvgIpc) is 3.21. The molecular weight excluding hydrogens is 292 g/mol. The molecule has 1 aromatic heterocycles. The fourth-order valence-electron chi connectivity index (χ4n) is 3.09. The van der Waals surface area contributed by atoms with E-state index >= 15 is 0 Å². The summed E-state index contributed by atoms with van der Waals surface area (Å²) in [5.41, 5.74) is 4.48. The Hall–Kier alpha value is -2.66. The van der Waals surface area contributed by atoms with E-state index in [4.69, 9.17) is 4.42 Å². The van der Waals surface area contributed by atoms with Crippen molar-refractivity contribution in [2.24, 2.45) is 5.92 Å². The van der Waals surface area contributed by atoms with E-state index in [0.717, 1.165) is 27.9 Å². The Morgan fingerprint density at radius 1 is 1.22 bits per heavy atom. The summed E-state index contributed by atoms with van der Waals surface area (Å²) >= 11 is 0. The molecule has 1 N–H and O–H groups in total. The van der Waals surface area contributed by atoms with Crippen molar-refractivity contribution in [3.05, 3.63) is 48.9 Å². The second-order valence-corrected chi connectivity index (χ2v) is 5.81. The Morgan fingerprint density at radius 3 is 2.78 bits per heavy atom. The molecule has 0 saturated carbocycles. The molecule has 1 saturated heterocycles. The SMILES string of the molecule is O=C1CC(CO)CN1c1ccc(-c2cccc3ocnc23)cc1. The number of fused-ring (bicyclic) bond motifs is 1. The van der Waals surface area contributed by atoms with Gasteiger partial charge >= 0.3 is 0 Å². The molecule has 5 nitrogen and oxygen atoms in total. The van der Waals surface area contributed by atoms with Crippen molar-refractivity contribution >= 4 is 22.7 Å². The molecule has 1 fully saturated rings. The number of oxazole rings is 1. The van der Waals surface area contributed by atoms with Crippen molar-refractivity contribution in [3.63, 3.8) is 0 Å². The number of aromatic nitrogens is 1. The number of hydrogen-bond donors (Lipinski definition) is 1. The van der Waals surface area contributed by atoms with E-state index < -0.39 is 0 Å². The van der Waals surface area contributed by atoms with E-state index in [1.807, 2.05) is 42.5 Å². The molecule has 2 heterocycles. The standard InChI is InChI=1S/C18H16N2O3/c21-10-12-8-17(22)20(9-12)14-6-4-13(5-7-14)15-2-1-3-16-18(15)19-11-23-16/h1-7,11-12,21H,8-10H2. The van der Waals surface area contributed by atoms with Crippen LogP contribution in [0.15, 0.2) is 53.3 Å². The van der Waals surface area contributed by atoms with E-state index in [1.165, 1.54) is 6.39 Å². The van der Waals surface area contributed by atoms with Gasteiger partial charge < -0.3 is 14.4 Å². The topological polar surface area (TPSA) is 66.6 Å². The van der Waals surface area contributed by atoms with Crippen LogP contribution >= 0.6 is 0 Å². The summed E-state index contributed by atoms with van der Waals surface area (Å²) in [4.78, 5) is 18.0. The number of nitrogens with zero attached hydrogens (tertiary/aromatic N) is 2. The number of amides is 1. The molecule has 4 rings (SSSR count). The van der Waals surface area contributed by atoms with Crippen molar-refractivity contribution in [2.75, 3.05) is 18.1 Å². The van der Waals surface area contributed by atoms with Gasteiger partial charge in [-0.1, -0.05) is 24.3 Å². The second-order valence-electron chi connectivity index (χ2n) is 5.81. The fraction of sp³-hybridized carbons (Fsp3) is 0.222. The maximum Gasteiger partial charge on any atom is 0.227 e. The van der Waals surface area contributed by atoms with Gasteiger partial charge in [0.1, 0.15) is 5.52 Å². The zero-order valence-electron chi connectivity index (χ0n) is 12.5. The minimum atomic E-state index is 0.0334. The van der Waals surface area contributed by atoms with Crippen LogP contribution in [0.4, 0.5) is 5.69 Å². The number of carbonyl (C=O) groups is 1. The van der Waals surface area contributed by atoms with Crippen molar-refractivity contribution < 1.29 is 14.3 Å². The lowest BCUT2D eigenvalue weighted by Crippen LogP contribution is -2.24. The summed E-state index contributed by atoms with van der Waals surface area (Å²) in [6.07, 6.45) is 1.86. The highest BCUT2D eigenvalue weighted by molar-refractivity contribution is 5.96. The van der Waals surface area contributed by atoms with Crippen LogP contribution in [0, 0.1) is 5.92 Å². The lowest BCUT2D eigenvalue weighted by molar-refractivity contribution is -0.117. The van der Waals surface area contributed by atoms with E-state index in [9.17, 15) is 9.90 Å². The van der Waals surface area contributed by atoms with Crippen molar-refractivity contribution in [1.82, 2.24) is 4.98 Å². The number of anilines is 1. The van der Waals surface area contributed by atoms with Gasteiger partial charge in [-0.15, -0.1) is 0 Å². The molecular formula is C18H16N2O3. The van der Waals surface area contributed by atoms with Gasteiger partial charge in [0, 0.05) is 36.7 Å². The van der Waals surface area contributed by atoms with Crippen LogP contribution in [-0.2, 0) is 4.79 Å². The lowest BCUT2D eigenvalue weighted by atomic mass is 10.0. The van der Waals surface area contributed by atoms with Crippen LogP contribution in [0.3, 0.4) is 0 Å². The molecule has 1 aliphatic heterocycles. The highest BCUT2D eigenvalue weighted by Gasteiger charge is 2.29. The highest BCUT2D eigenvalue weighted by atomic mass is 16.3. The molecule has 1 unspecified atom stereocenters. The number of para-hydroxylation sites is 1. The Kier molecular flexibility index (Phi) is 3.35. The zero-order chi connectivity index (χ0) is 15.8. The third kappa shape index (κ3) is 2.39. The van der Waals surface area contributed by atoms with Crippen molar-refractivity contribution in [3.8, 4) is 11.1 Å². The largest absolute Gasteiger partial charge is 0.443 e. The van der Waals surface area contributed by atoms with Gasteiger partial charge in [-0.3, -0.25) is 4.79 Å². The maximum atomic E-state index is 12.0. The number of hydrogen-bond acceptors (Lipinski definition) is 4. The number of aliphatic hydroxyl groups is 1. The Morgan fingerprint density at radius 2 is 2.04 bits per heavy atom. The van der Waals surface area contributed by atoms with Gasteiger partial charge in [0.15, 0.2) is 12.0 Å². The summed E-state index contributed by atoms with van der Waals surface area (Å²) in [6.45, 7) is 0.627. The molecule has 5 heteroatoms. The first kappa shape index (κ1) is 14.0. The third-order valence-corrected chi connectivity index (χ3v) is 4.31. The Bertz CT molecular complexity index is 854. The second kappa shape index (κ2) is 5.52. The van der Waals surface area contributed by atoms with Gasteiger partial charge in [-0.05, 0) is 23.8 Å². The normalized spacial score (nSPS) is 18.0. The highest BCUT2D eigenvalue weighted by Crippen LogP contribution is 2.31. The average molecular weight is 308 g/mol. The predicted octanol–water partition coefficient (Wildman–Crippen LogP) is 2.84. The van der Waals surface area contributed by atoms with Gasteiger partial charge in [0.25, 0.3) is 0 Å². The van der Waals surface area contributed by atoms with Gasteiger partial charge in [0.2, 0.25) is 5.91 Å². The number of benzene rings is 2. The first-order valence-corrected chi connectivity index (χ1v) is 7.60. The summed E-state index contributed by atoms with van der Waals surface area (Å²) in [5.74, 6) is 0.0986. The minimum absolute atomic E-state index is 0.0334. The van der Waals surface area contributed by atoms with Crippen molar-refractivity contribution in [1.29, 1.82) is 0 Å². The summed E-state index contributed by atoms with van der Waals surface area (Å²) in [6, 6.07) is 13.7. The molecule has 2 aromatic carbocycles. The molecule has 1 atom stereocenters. The lowest BCUT2D eigenvalue weighted by Gasteiger charge is -2.17. The molecule has 23 heavy (non-hydrogen) atoms. The van der Waals surface area contributed by atoms with Crippen LogP contribution in [0.25, 0.3) is 22.2 Å². The quantitative estimate of drug-likeness (QED) is 0.808. The Balaban J connectivity index is 1.66. The van der Waals surface area contributed by atoms with E-state index in [-0.39, 0.29) is 18.4 Å². The first-order chi connectivity index (χ1) is 11.3.